The third-order valence-corrected chi connectivity index (χ3v) is 4.63. The minimum Gasteiger partial charge on any atom is -0.320 e. The second-order valence-electron chi connectivity index (χ2n) is 7.21. The first kappa shape index (κ1) is 13.9. The summed E-state index contributed by atoms with van der Waals surface area (Å²) >= 11 is 0. The molecule has 2 atom stereocenters. The van der Waals surface area contributed by atoms with E-state index >= 15 is 0 Å². The number of nitrogens with zero attached hydrogens (tertiary/aromatic N) is 1. The van der Waals surface area contributed by atoms with E-state index < -0.39 is 0 Å². The highest BCUT2D eigenvalue weighted by molar-refractivity contribution is 5.85. The smallest absolute Gasteiger partial charge is 0.241 e. The Hall–Kier alpha value is -0.570. The van der Waals surface area contributed by atoms with E-state index in [0.29, 0.717) is 23.7 Å². The highest BCUT2D eigenvalue weighted by Gasteiger charge is 2.52. The third-order valence-electron chi connectivity index (χ3n) is 4.63. The molecule has 1 aliphatic carbocycles. The molecular weight excluding hydrogens is 224 g/mol. The standard InChI is InChI=1S/C15H28N2O/c1-9(2)12-14(18)17(13(16-12)10(3)4)15(5,6)11-7-8-11/h9-13,16H,7-8H2,1-6H3. The highest BCUT2D eigenvalue weighted by Crippen LogP contribution is 2.45. The van der Waals surface area contributed by atoms with Crippen molar-refractivity contribution in [3.63, 3.8) is 0 Å². The Bertz CT molecular complexity index is 331. The number of carbonyl (C=O) groups is 1. The van der Waals surface area contributed by atoms with Crippen LogP contribution in [0.25, 0.3) is 0 Å². The number of amides is 1. The van der Waals surface area contributed by atoms with Crippen molar-refractivity contribution in [1.29, 1.82) is 0 Å². The summed E-state index contributed by atoms with van der Waals surface area (Å²) in [5.41, 5.74) is 0.00264. The average molecular weight is 252 g/mol. The molecule has 1 saturated heterocycles. The first-order valence-electron chi connectivity index (χ1n) is 7.36. The Kier molecular flexibility index (Phi) is 3.48. The molecule has 0 bridgehead atoms. The molecule has 3 heteroatoms. The SMILES string of the molecule is CC(C)C1NC(C(C)C)N(C(C)(C)C2CC2)C1=O. The quantitative estimate of drug-likeness (QED) is 0.834. The normalized spacial score (nSPS) is 29.8. The van der Waals surface area contributed by atoms with Crippen molar-refractivity contribution in [3.8, 4) is 0 Å². The lowest BCUT2D eigenvalue weighted by atomic mass is 9.93. The monoisotopic (exact) mass is 252 g/mol. The lowest BCUT2D eigenvalue weighted by molar-refractivity contribution is -0.137. The predicted octanol–water partition coefficient (Wildman–Crippen LogP) is 2.61. The van der Waals surface area contributed by atoms with Crippen LogP contribution in [-0.4, -0.2) is 28.6 Å². The van der Waals surface area contributed by atoms with E-state index in [1.807, 2.05) is 0 Å². The van der Waals surface area contributed by atoms with Crippen molar-refractivity contribution in [1.82, 2.24) is 10.2 Å². The largest absolute Gasteiger partial charge is 0.320 e. The molecule has 1 heterocycles. The van der Waals surface area contributed by atoms with E-state index in [1.165, 1.54) is 12.8 Å². The molecular formula is C15H28N2O. The van der Waals surface area contributed by atoms with Crippen LogP contribution in [0.2, 0.25) is 0 Å². The Labute approximate surface area is 111 Å². The highest BCUT2D eigenvalue weighted by atomic mass is 16.2. The fourth-order valence-corrected chi connectivity index (χ4v) is 3.21. The van der Waals surface area contributed by atoms with E-state index in [1.54, 1.807) is 0 Å². The van der Waals surface area contributed by atoms with Crippen molar-refractivity contribution in [2.24, 2.45) is 17.8 Å². The van der Waals surface area contributed by atoms with E-state index in [9.17, 15) is 4.79 Å². The van der Waals surface area contributed by atoms with Crippen LogP contribution in [-0.2, 0) is 4.79 Å². The van der Waals surface area contributed by atoms with Crippen LogP contribution < -0.4 is 5.32 Å². The maximum Gasteiger partial charge on any atom is 0.241 e. The minimum atomic E-state index is -0.00424. The molecule has 1 saturated carbocycles. The summed E-state index contributed by atoms with van der Waals surface area (Å²) in [6, 6.07) is -0.00424. The lowest BCUT2D eigenvalue weighted by Gasteiger charge is -2.41. The molecule has 18 heavy (non-hydrogen) atoms. The number of carbonyl (C=O) groups excluding carboxylic acids is 1. The Morgan fingerprint density at radius 2 is 1.72 bits per heavy atom. The van der Waals surface area contributed by atoms with E-state index in [0.717, 1.165) is 0 Å². The van der Waals surface area contributed by atoms with Gasteiger partial charge in [0.05, 0.1) is 12.2 Å². The van der Waals surface area contributed by atoms with Gasteiger partial charge in [-0.05, 0) is 44.4 Å². The molecule has 0 radical (unpaired) electrons. The van der Waals surface area contributed by atoms with Gasteiger partial charge in [-0.15, -0.1) is 0 Å². The van der Waals surface area contributed by atoms with Gasteiger partial charge >= 0.3 is 0 Å². The van der Waals surface area contributed by atoms with E-state index in [2.05, 4.69) is 51.8 Å². The molecule has 2 rings (SSSR count). The summed E-state index contributed by atoms with van der Waals surface area (Å²) in [5, 5.41) is 3.55. The molecule has 2 aliphatic rings. The predicted molar refractivity (Wildman–Crippen MR) is 74.0 cm³/mol. The Balaban J connectivity index is 2.27. The first-order chi connectivity index (χ1) is 8.26. The zero-order chi connectivity index (χ0) is 13.7. The van der Waals surface area contributed by atoms with Gasteiger partial charge in [-0.25, -0.2) is 0 Å². The molecule has 1 amide bonds. The van der Waals surface area contributed by atoms with Gasteiger partial charge in [0.15, 0.2) is 0 Å². The van der Waals surface area contributed by atoms with Crippen molar-refractivity contribution in [2.45, 2.75) is 72.1 Å². The molecule has 0 spiro atoms. The number of nitrogens with one attached hydrogen (secondary N) is 1. The molecule has 2 fully saturated rings. The van der Waals surface area contributed by atoms with Gasteiger partial charge in [0.25, 0.3) is 0 Å². The number of hydrogen-bond acceptors (Lipinski definition) is 2. The fraction of sp³-hybridized carbons (Fsp3) is 0.933. The van der Waals surface area contributed by atoms with Gasteiger partial charge in [0, 0.05) is 5.54 Å². The molecule has 104 valence electrons. The molecule has 2 unspecified atom stereocenters. The van der Waals surface area contributed by atoms with Crippen LogP contribution in [0.1, 0.15) is 54.4 Å². The first-order valence-corrected chi connectivity index (χ1v) is 7.36. The van der Waals surface area contributed by atoms with Crippen LogP contribution in [0, 0.1) is 17.8 Å². The molecule has 0 aromatic carbocycles. The Morgan fingerprint density at radius 3 is 2.11 bits per heavy atom. The molecule has 3 nitrogen and oxygen atoms in total. The summed E-state index contributed by atoms with van der Waals surface area (Å²) in [4.78, 5) is 14.9. The summed E-state index contributed by atoms with van der Waals surface area (Å²) in [7, 11) is 0. The fourth-order valence-electron chi connectivity index (χ4n) is 3.21. The molecule has 0 aromatic rings. The minimum absolute atomic E-state index is 0.00264. The van der Waals surface area contributed by atoms with Gasteiger partial charge in [-0.3, -0.25) is 10.1 Å². The van der Waals surface area contributed by atoms with Crippen molar-refractivity contribution >= 4 is 5.91 Å². The van der Waals surface area contributed by atoms with Gasteiger partial charge in [0.2, 0.25) is 5.91 Å². The van der Waals surface area contributed by atoms with Crippen LogP contribution in [0.15, 0.2) is 0 Å². The van der Waals surface area contributed by atoms with Crippen LogP contribution in [0.5, 0.6) is 0 Å². The molecule has 0 aromatic heterocycles. The number of hydrogen-bond donors (Lipinski definition) is 1. The van der Waals surface area contributed by atoms with Gasteiger partial charge in [-0.2, -0.15) is 0 Å². The molecule has 1 aliphatic heterocycles. The van der Waals surface area contributed by atoms with E-state index in [4.69, 9.17) is 0 Å². The van der Waals surface area contributed by atoms with Crippen molar-refractivity contribution < 1.29 is 4.79 Å². The third kappa shape index (κ3) is 2.18. The van der Waals surface area contributed by atoms with Gasteiger partial charge < -0.3 is 4.90 Å². The number of rotatable bonds is 4. The second-order valence-corrected chi connectivity index (χ2v) is 7.21. The zero-order valence-corrected chi connectivity index (χ0v) is 12.7. The average Bonchev–Trinajstić information content (AvgIpc) is 3.01. The summed E-state index contributed by atoms with van der Waals surface area (Å²) in [6.07, 6.45) is 2.74. The van der Waals surface area contributed by atoms with Gasteiger partial charge in [-0.1, -0.05) is 27.7 Å². The van der Waals surface area contributed by atoms with Gasteiger partial charge in [0.1, 0.15) is 0 Å². The van der Waals surface area contributed by atoms with Crippen LogP contribution >= 0.6 is 0 Å². The van der Waals surface area contributed by atoms with Crippen LogP contribution in [0.3, 0.4) is 0 Å². The van der Waals surface area contributed by atoms with E-state index in [-0.39, 0.29) is 17.7 Å². The maximum absolute atomic E-state index is 12.7. The van der Waals surface area contributed by atoms with Crippen molar-refractivity contribution in [2.75, 3.05) is 0 Å². The Morgan fingerprint density at radius 1 is 1.17 bits per heavy atom. The second kappa shape index (κ2) is 4.52. The summed E-state index contributed by atoms with van der Waals surface area (Å²) < 4.78 is 0. The lowest BCUT2D eigenvalue weighted by Crippen LogP contribution is -2.54. The van der Waals surface area contributed by atoms with Crippen LogP contribution in [0.4, 0.5) is 0 Å². The topological polar surface area (TPSA) is 32.3 Å². The summed E-state index contributed by atoms with van der Waals surface area (Å²) in [5.74, 6) is 1.81. The molecule has 1 N–H and O–H groups in total. The maximum atomic E-state index is 12.7. The van der Waals surface area contributed by atoms with Crippen molar-refractivity contribution in [3.05, 3.63) is 0 Å². The summed E-state index contributed by atoms with van der Waals surface area (Å²) in [6.45, 7) is 13.1. The zero-order valence-electron chi connectivity index (χ0n) is 12.7.